The Morgan fingerprint density at radius 1 is 1.46 bits per heavy atom. The summed E-state index contributed by atoms with van der Waals surface area (Å²) < 4.78 is 0. The van der Waals surface area contributed by atoms with Gasteiger partial charge in [0.25, 0.3) is 0 Å². The third-order valence-corrected chi connectivity index (χ3v) is 2.21. The molecular weight excluding hydrogens is 188 g/mol. The molecule has 13 heavy (non-hydrogen) atoms. The SMILES string of the molecule is O=C(Nc1ccccc1)N1CC1Cl. The van der Waals surface area contributed by atoms with Crippen molar-refractivity contribution in [2.75, 3.05) is 11.9 Å². The molecule has 68 valence electrons. The van der Waals surface area contributed by atoms with Crippen molar-refractivity contribution in [2.24, 2.45) is 0 Å². The van der Waals surface area contributed by atoms with Crippen LogP contribution < -0.4 is 5.32 Å². The quantitative estimate of drug-likeness (QED) is 0.417. The van der Waals surface area contributed by atoms with E-state index in [1.807, 2.05) is 30.3 Å². The third-order valence-electron chi connectivity index (χ3n) is 1.84. The van der Waals surface area contributed by atoms with Gasteiger partial charge < -0.3 is 10.2 Å². The highest BCUT2D eigenvalue weighted by Gasteiger charge is 2.36. The van der Waals surface area contributed by atoms with Crippen molar-refractivity contribution >= 4 is 23.3 Å². The van der Waals surface area contributed by atoms with Gasteiger partial charge in [-0.2, -0.15) is 0 Å². The normalized spacial score (nSPS) is 19.8. The predicted molar refractivity (Wildman–Crippen MR) is 51.8 cm³/mol. The number of amides is 2. The number of alkyl halides is 1. The van der Waals surface area contributed by atoms with Gasteiger partial charge in [-0.1, -0.05) is 29.8 Å². The largest absolute Gasteiger partial charge is 0.323 e. The van der Waals surface area contributed by atoms with Gasteiger partial charge in [0.2, 0.25) is 0 Å². The molecule has 3 nitrogen and oxygen atoms in total. The first-order valence-corrected chi connectivity index (χ1v) is 4.48. The number of nitrogens with one attached hydrogen (secondary N) is 1. The summed E-state index contributed by atoms with van der Waals surface area (Å²) in [5, 5.41) is 2.74. The minimum Gasteiger partial charge on any atom is -0.308 e. The molecule has 0 radical (unpaired) electrons. The third kappa shape index (κ3) is 1.92. The van der Waals surface area contributed by atoms with E-state index in [-0.39, 0.29) is 11.5 Å². The lowest BCUT2D eigenvalue weighted by molar-refractivity contribution is 0.241. The Morgan fingerprint density at radius 3 is 2.62 bits per heavy atom. The Balaban J connectivity index is 1.95. The minimum absolute atomic E-state index is 0.122. The zero-order valence-electron chi connectivity index (χ0n) is 6.90. The number of carbonyl (C=O) groups excluding carboxylic acids is 1. The number of halogens is 1. The summed E-state index contributed by atoms with van der Waals surface area (Å²) in [6.45, 7) is 0.639. The van der Waals surface area contributed by atoms with E-state index < -0.39 is 0 Å². The smallest absolute Gasteiger partial charge is 0.308 e. The van der Waals surface area contributed by atoms with Crippen LogP contribution in [0.5, 0.6) is 0 Å². The Morgan fingerprint density at radius 2 is 2.08 bits per heavy atom. The average Bonchev–Trinajstić information content (AvgIpc) is 2.84. The maximum Gasteiger partial charge on any atom is 0.323 e. The van der Waals surface area contributed by atoms with Crippen LogP contribution >= 0.6 is 11.6 Å². The first kappa shape index (κ1) is 8.38. The van der Waals surface area contributed by atoms with Crippen LogP contribution in [-0.2, 0) is 0 Å². The monoisotopic (exact) mass is 196 g/mol. The molecule has 2 rings (SSSR count). The Hall–Kier alpha value is -1.22. The summed E-state index contributed by atoms with van der Waals surface area (Å²) >= 11 is 5.68. The molecule has 2 amide bonds. The molecule has 1 aliphatic heterocycles. The summed E-state index contributed by atoms with van der Waals surface area (Å²) in [4.78, 5) is 12.9. The van der Waals surface area contributed by atoms with E-state index in [1.165, 1.54) is 0 Å². The van der Waals surface area contributed by atoms with Crippen molar-refractivity contribution in [3.05, 3.63) is 30.3 Å². The predicted octanol–water partition coefficient (Wildman–Crippen LogP) is 2.10. The van der Waals surface area contributed by atoms with Gasteiger partial charge in [0, 0.05) is 5.69 Å². The second-order valence-electron chi connectivity index (χ2n) is 2.88. The van der Waals surface area contributed by atoms with Crippen molar-refractivity contribution in [1.29, 1.82) is 0 Å². The highest BCUT2D eigenvalue weighted by molar-refractivity contribution is 6.24. The number of para-hydroxylation sites is 1. The number of benzene rings is 1. The van der Waals surface area contributed by atoms with E-state index in [0.717, 1.165) is 5.69 Å². The van der Waals surface area contributed by atoms with Gasteiger partial charge in [0.05, 0.1) is 6.54 Å². The number of hydrogen-bond donors (Lipinski definition) is 1. The van der Waals surface area contributed by atoms with Crippen LogP contribution in [-0.4, -0.2) is 23.0 Å². The van der Waals surface area contributed by atoms with Crippen LogP contribution in [0.15, 0.2) is 30.3 Å². The molecule has 4 heteroatoms. The van der Waals surface area contributed by atoms with Crippen LogP contribution in [0.1, 0.15) is 0 Å². The van der Waals surface area contributed by atoms with E-state index >= 15 is 0 Å². The van der Waals surface area contributed by atoms with E-state index in [0.29, 0.717) is 6.54 Å². The Kier molecular flexibility index (Phi) is 2.10. The molecule has 0 aliphatic carbocycles. The highest BCUT2D eigenvalue weighted by atomic mass is 35.5. The van der Waals surface area contributed by atoms with Crippen molar-refractivity contribution < 1.29 is 4.79 Å². The van der Waals surface area contributed by atoms with Gasteiger partial charge in [-0.05, 0) is 12.1 Å². The number of rotatable bonds is 1. The van der Waals surface area contributed by atoms with Gasteiger partial charge in [0.1, 0.15) is 5.50 Å². The Bertz CT molecular complexity index is 315. The molecule has 0 aromatic heterocycles. The summed E-state index contributed by atoms with van der Waals surface area (Å²) in [7, 11) is 0. The summed E-state index contributed by atoms with van der Waals surface area (Å²) in [5.41, 5.74) is 0.673. The lowest BCUT2D eigenvalue weighted by Crippen LogP contribution is -2.19. The highest BCUT2D eigenvalue weighted by Crippen LogP contribution is 2.22. The van der Waals surface area contributed by atoms with Crippen LogP contribution in [0, 0.1) is 0 Å². The number of carbonyl (C=O) groups is 1. The lowest BCUT2D eigenvalue weighted by atomic mass is 10.3. The number of nitrogens with zero attached hydrogens (tertiary/aromatic N) is 1. The van der Waals surface area contributed by atoms with E-state index in [1.54, 1.807) is 4.90 Å². The fraction of sp³-hybridized carbons (Fsp3) is 0.222. The molecule has 1 fully saturated rings. The zero-order chi connectivity index (χ0) is 9.26. The summed E-state index contributed by atoms with van der Waals surface area (Å²) in [5.74, 6) is 0. The summed E-state index contributed by atoms with van der Waals surface area (Å²) in [6, 6.07) is 9.19. The fourth-order valence-corrected chi connectivity index (χ4v) is 1.28. The fourth-order valence-electron chi connectivity index (χ4n) is 1.04. The van der Waals surface area contributed by atoms with Crippen molar-refractivity contribution in [2.45, 2.75) is 5.50 Å². The summed E-state index contributed by atoms with van der Waals surface area (Å²) in [6.07, 6.45) is 0. The minimum atomic E-state index is -0.133. The second-order valence-corrected chi connectivity index (χ2v) is 3.39. The van der Waals surface area contributed by atoms with E-state index in [9.17, 15) is 4.79 Å². The molecule has 0 bridgehead atoms. The van der Waals surface area contributed by atoms with Gasteiger partial charge in [-0.25, -0.2) is 4.79 Å². The van der Waals surface area contributed by atoms with Gasteiger partial charge in [-0.15, -0.1) is 0 Å². The topological polar surface area (TPSA) is 32.1 Å². The molecule has 1 saturated heterocycles. The molecule has 1 atom stereocenters. The Labute approximate surface area is 81.3 Å². The average molecular weight is 197 g/mol. The second kappa shape index (κ2) is 3.26. The van der Waals surface area contributed by atoms with E-state index in [4.69, 9.17) is 11.6 Å². The van der Waals surface area contributed by atoms with Crippen LogP contribution in [0.4, 0.5) is 10.5 Å². The molecule has 0 spiro atoms. The van der Waals surface area contributed by atoms with Gasteiger partial charge in [0.15, 0.2) is 0 Å². The van der Waals surface area contributed by atoms with Crippen molar-refractivity contribution in [3.8, 4) is 0 Å². The first-order chi connectivity index (χ1) is 6.27. The van der Waals surface area contributed by atoms with Crippen LogP contribution in [0.2, 0.25) is 0 Å². The van der Waals surface area contributed by atoms with Crippen LogP contribution in [0.25, 0.3) is 0 Å². The molecule has 1 unspecified atom stereocenters. The van der Waals surface area contributed by atoms with Crippen molar-refractivity contribution in [1.82, 2.24) is 4.90 Å². The zero-order valence-corrected chi connectivity index (χ0v) is 7.66. The molecule has 1 heterocycles. The molecular formula is C9H9ClN2O. The van der Waals surface area contributed by atoms with Gasteiger partial charge in [-0.3, -0.25) is 0 Å². The molecule has 1 aliphatic rings. The molecule has 1 N–H and O–H groups in total. The number of hydrogen-bond acceptors (Lipinski definition) is 1. The maximum absolute atomic E-state index is 11.3. The van der Waals surface area contributed by atoms with Crippen molar-refractivity contribution in [3.63, 3.8) is 0 Å². The number of urea groups is 1. The standard InChI is InChI=1S/C9H9ClN2O/c10-8-6-12(8)9(13)11-7-4-2-1-3-5-7/h1-5,8H,6H2,(H,11,13). The lowest BCUT2D eigenvalue weighted by Gasteiger charge is -2.04. The molecule has 0 saturated carbocycles. The molecule has 1 aromatic rings. The van der Waals surface area contributed by atoms with E-state index in [2.05, 4.69) is 5.32 Å². The maximum atomic E-state index is 11.3. The van der Waals surface area contributed by atoms with Crippen LogP contribution in [0.3, 0.4) is 0 Å². The first-order valence-electron chi connectivity index (χ1n) is 4.04. The molecule has 1 aromatic carbocycles. The number of anilines is 1. The van der Waals surface area contributed by atoms with Gasteiger partial charge >= 0.3 is 6.03 Å².